The van der Waals surface area contributed by atoms with E-state index in [9.17, 15) is 9.59 Å². The van der Waals surface area contributed by atoms with E-state index in [1.165, 1.54) is 12.5 Å². The number of carbonyl (C=O) groups is 2. The molecule has 1 aliphatic rings. The number of hydrogen-bond acceptors (Lipinski definition) is 5. The van der Waals surface area contributed by atoms with Gasteiger partial charge >= 0.3 is 0 Å². The fourth-order valence-corrected chi connectivity index (χ4v) is 3.97. The molecular weight excluding hydrogens is 368 g/mol. The van der Waals surface area contributed by atoms with Crippen molar-refractivity contribution in [2.24, 2.45) is 11.8 Å². The maximum absolute atomic E-state index is 12.3. The molecule has 6 nitrogen and oxygen atoms in total. The molecule has 1 saturated heterocycles. The second-order valence-corrected chi connectivity index (χ2v) is 8.38. The van der Waals surface area contributed by atoms with Crippen molar-refractivity contribution >= 4 is 11.7 Å². The molecule has 1 heterocycles. The Kier molecular flexibility index (Phi) is 8.96. The van der Waals surface area contributed by atoms with Crippen molar-refractivity contribution in [1.82, 2.24) is 10.2 Å². The van der Waals surface area contributed by atoms with Gasteiger partial charge in [0.2, 0.25) is 5.91 Å². The van der Waals surface area contributed by atoms with Crippen molar-refractivity contribution in [2.75, 3.05) is 33.9 Å². The molecule has 0 saturated carbocycles. The average molecular weight is 405 g/mol. The van der Waals surface area contributed by atoms with Crippen LogP contribution in [-0.4, -0.2) is 56.5 Å². The van der Waals surface area contributed by atoms with Gasteiger partial charge in [-0.2, -0.15) is 0 Å². The standard InChI is InChI=1S/C23H36N2O4/c1-16(2)23(17(3)26)24-22(27)15-25-10-8-18(9-11-25)6-7-19-12-20(28-4)14-21(13-19)29-5/h12-14,16,18,23H,6-11,15H2,1-5H3,(H,24,27). The number of likely N-dealkylation sites (tertiary alicyclic amines) is 1. The second kappa shape index (κ2) is 11.2. The quantitative estimate of drug-likeness (QED) is 0.649. The number of Topliss-reactive ketones (excluding diaryl/α,β-unsaturated/α-hetero) is 1. The van der Waals surface area contributed by atoms with E-state index in [0.29, 0.717) is 12.5 Å². The number of ether oxygens (including phenoxy) is 2. The number of hydrogen-bond donors (Lipinski definition) is 1. The lowest BCUT2D eigenvalue weighted by atomic mass is 9.90. The van der Waals surface area contributed by atoms with Gasteiger partial charge in [0.15, 0.2) is 5.78 Å². The van der Waals surface area contributed by atoms with Crippen LogP contribution in [0.5, 0.6) is 11.5 Å². The fraction of sp³-hybridized carbons (Fsp3) is 0.652. The van der Waals surface area contributed by atoms with E-state index < -0.39 is 0 Å². The van der Waals surface area contributed by atoms with Gasteiger partial charge in [-0.25, -0.2) is 0 Å². The van der Waals surface area contributed by atoms with Gasteiger partial charge in [-0.05, 0) is 75.2 Å². The van der Waals surface area contributed by atoms with E-state index in [4.69, 9.17) is 9.47 Å². The van der Waals surface area contributed by atoms with Crippen LogP contribution in [0.4, 0.5) is 0 Å². The first-order valence-corrected chi connectivity index (χ1v) is 10.6. The zero-order valence-electron chi connectivity index (χ0n) is 18.5. The first-order chi connectivity index (χ1) is 13.8. The third-order valence-corrected chi connectivity index (χ3v) is 5.75. The van der Waals surface area contributed by atoms with Crippen LogP contribution in [0, 0.1) is 11.8 Å². The van der Waals surface area contributed by atoms with E-state index in [-0.39, 0.29) is 23.7 Å². The maximum atomic E-state index is 12.3. The Morgan fingerprint density at radius 3 is 2.17 bits per heavy atom. The summed E-state index contributed by atoms with van der Waals surface area (Å²) in [6.07, 6.45) is 4.30. The van der Waals surface area contributed by atoms with Gasteiger partial charge in [0.05, 0.1) is 26.8 Å². The molecule has 2 rings (SSSR count). The molecule has 0 aliphatic carbocycles. The Morgan fingerprint density at radius 2 is 1.69 bits per heavy atom. The highest BCUT2D eigenvalue weighted by atomic mass is 16.5. The van der Waals surface area contributed by atoms with Crippen LogP contribution >= 0.6 is 0 Å². The molecule has 1 N–H and O–H groups in total. The molecule has 0 spiro atoms. The molecule has 1 unspecified atom stereocenters. The molecule has 1 amide bonds. The third-order valence-electron chi connectivity index (χ3n) is 5.75. The highest BCUT2D eigenvalue weighted by molar-refractivity contribution is 5.88. The minimum atomic E-state index is -0.389. The van der Waals surface area contributed by atoms with Gasteiger partial charge in [-0.1, -0.05) is 13.8 Å². The summed E-state index contributed by atoms with van der Waals surface area (Å²) in [6, 6.07) is 5.65. The number of amides is 1. The van der Waals surface area contributed by atoms with E-state index in [0.717, 1.165) is 50.3 Å². The summed E-state index contributed by atoms with van der Waals surface area (Å²) >= 11 is 0. The molecule has 1 aromatic rings. The number of ketones is 1. The van der Waals surface area contributed by atoms with Crippen molar-refractivity contribution in [1.29, 1.82) is 0 Å². The Balaban J connectivity index is 1.76. The van der Waals surface area contributed by atoms with Crippen LogP contribution in [0.3, 0.4) is 0 Å². The molecule has 162 valence electrons. The van der Waals surface area contributed by atoms with E-state index >= 15 is 0 Å². The van der Waals surface area contributed by atoms with E-state index in [2.05, 4.69) is 22.3 Å². The third kappa shape index (κ3) is 7.35. The highest BCUT2D eigenvalue weighted by Gasteiger charge is 2.24. The normalized spacial score (nSPS) is 16.5. The Bertz CT molecular complexity index is 659. The summed E-state index contributed by atoms with van der Waals surface area (Å²) in [5.41, 5.74) is 1.23. The van der Waals surface area contributed by atoms with Crippen LogP contribution in [0.1, 0.15) is 45.6 Å². The highest BCUT2D eigenvalue weighted by Crippen LogP contribution is 2.26. The van der Waals surface area contributed by atoms with Crippen molar-refractivity contribution < 1.29 is 19.1 Å². The molecule has 1 aliphatic heterocycles. The van der Waals surface area contributed by atoms with Crippen molar-refractivity contribution in [3.8, 4) is 11.5 Å². The van der Waals surface area contributed by atoms with E-state index in [1.807, 2.05) is 19.9 Å². The summed E-state index contributed by atoms with van der Waals surface area (Å²) in [6.45, 7) is 7.66. The Hall–Kier alpha value is -2.08. The number of piperidine rings is 1. The van der Waals surface area contributed by atoms with Gasteiger partial charge in [-0.3, -0.25) is 14.5 Å². The SMILES string of the molecule is COc1cc(CCC2CCN(CC(=O)NC(C(C)=O)C(C)C)CC2)cc(OC)c1. The van der Waals surface area contributed by atoms with Gasteiger partial charge in [0.25, 0.3) is 0 Å². The lowest BCUT2D eigenvalue weighted by Gasteiger charge is -2.32. The van der Waals surface area contributed by atoms with Crippen molar-refractivity contribution in [3.63, 3.8) is 0 Å². The number of rotatable bonds is 10. The molecule has 0 aromatic heterocycles. The second-order valence-electron chi connectivity index (χ2n) is 8.38. The predicted molar refractivity (Wildman–Crippen MR) is 114 cm³/mol. The molecule has 0 radical (unpaired) electrons. The number of nitrogens with zero attached hydrogens (tertiary/aromatic N) is 1. The number of aryl methyl sites for hydroxylation is 1. The number of nitrogens with one attached hydrogen (secondary N) is 1. The monoisotopic (exact) mass is 404 g/mol. The Labute approximate surface area is 174 Å². The van der Waals surface area contributed by atoms with Crippen LogP contribution in [0.2, 0.25) is 0 Å². The van der Waals surface area contributed by atoms with Crippen LogP contribution < -0.4 is 14.8 Å². The number of carbonyl (C=O) groups excluding carboxylic acids is 2. The largest absolute Gasteiger partial charge is 0.497 e. The zero-order chi connectivity index (χ0) is 21.4. The number of benzene rings is 1. The van der Waals surface area contributed by atoms with Crippen LogP contribution in [0.15, 0.2) is 18.2 Å². The van der Waals surface area contributed by atoms with Gasteiger partial charge < -0.3 is 14.8 Å². The average Bonchev–Trinajstić information content (AvgIpc) is 2.70. The Morgan fingerprint density at radius 1 is 1.10 bits per heavy atom. The van der Waals surface area contributed by atoms with Gasteiger partial charge in [0, 0.05) is 6.07 Å². The predicted octanol–water partition coefficient (Wildman–Crippen LogP) is 3.08. The van der Waals surface area contributed by atoms with Crippen molar-refractivity contribution in [2.45, 2.75) is 52.5 Å². The summed E-state index contributed by atoms with van der Waals surface area (Å²) < 4.78 is 10.7. The molecule has 29 heavy (non-hydrogen) atoms. The molecule has 1 atom stereocenters. The lowest BCUT2D eigenvalue weighted by Crippen LogP contribution is -2.48. The molecule has 1 fully saturated rings. The number of methoxy groups -OCH3 is 2. The first kappa shape index (κ1) is 23.2. The smallest absolute Gasteiger partial charge is 0.234 e. The lowest BCUT2D eigenvalue weighted by molar-refractivity contribution is -0.128. The molecule has 0 bridgehead atoms. The summed E-state index contributed by atoms with van der Waals surface area (Å²) in [4.78, 5) is 26.2. The fourth-order valence-electron chi connectivity index (χ4n) is 3.97. The molecular formula is C23H36N2O4. The molecule has 1 aromatic carbocycles. The van der Waals surface area contributed by atoms with Crippen molar-refractivity contribution in [3.05, 3.63) is 23.8 Å². The van der Waals surface area contributed by atoms with Crippen LogP contribution in [-0.2, 0) is 16.0 Å². The summed E-state index contributed by atoms with van der Waals surface area (Å²) in [5, 5.41) is 2.89. The van der Waals surface area contributed by atoms with Gasteiger partial charge in [-0.15, -0.1) is 0 Å². The summed E-state index contributed by atoms with van der Waals surface area (Å²) in [7, 11) is 3.34. The van der Waals surface area contributed by atoms with E-state index in [1.54, 1.807) is 14.2 Å². The maximum Gasteiger partial charge on any atom is 0.234 e. The first-order valence-electron chi connectivity index (χ1n) is 10.6. The van der Waals surface area contributed by atoms with Crippen LogP contribution in [0.25, 0.3) is 0 Å². The molecule has 6 heteroatoms. The minimum absolute atomic E-state index is 0.0150. The van der Waals surface area contributed by atoms with Gasteiger partial charge in [0.1, 0.15) is 11.5 Å². The minimum Gasteiger partial charge on any atom is -0.497 e. The summed E-state index contributed by atoms with van der Waals surface area (Å²) in [5.74, 6) is 2.38. The zero-order valence-corrected chi connectivity index (χ0v) is 18.5. The topological polar surface area (TPSA) is 67.9 Å².